The summed E-state index contributed by atoms with van der Waals surface area (Å²) in [5.41, 5.74) is 0.612. The van der Waals surface area contributed by atoms with Crippen LogP contribution in [0.1, 0.15) is 15.4 Å². The van der Waals surface area contributed by atoms with Crippen molar-refractivity contribution in [2.45, 2.75) is 11.3 Å². The van der Waals surface area contributed by atoms with Crippen molar-refractivity contribution in [3.63, 3.8) is 0 Å². The number of hydrogen-bond acceptors (Lipinski definition) is 6. The van der Waals surface area contributed by atoms with Gasteiger partial charge in [-0.15, -0.1) is 11.3 Å². The number of aromatic carboxylic acids is 1. The van der Waals surface area contributed by atoms with Crippen LogP contribution in [-0.2, 0) is 4.74 Å². The Kier molecular flexibility index (Phi) is 4.99. The first kappa shape index (κ1) is 13.8. The number of carbonyl (C=O) groups is 1. The fourth-order valence-electron chi connectivity index (χ4n) is 1.72. The highest BCUT2D eigenvalue weighted by atomic mass is 32.2. The quantitative estimate of drug-likeness (QED) is 0.830. The number of ether oxygens (including phenoxy) is 1. The van der Waals surface area contributed by atoms with Gasteiger partial charge in [-0.2, -0.15) is 0 Å². The Morgan fingerprint density at radius 1 is 1.56 bits per heavy atom. The molecule has 0 amide bonds. The van der Waals surface area contributed by atoms with Crippen LogP contribution in [0.15, 0.2) is 4.34 Å². The molecule has 18 heavy (non-hydrogen) atoms. The van der Waals surface area contributed by atoms with Crippen molar-refractivity contribution >= 4 is 29.1 Å². The van der Waals surface area contributed by atoms with Gasteiger partial charge in [0.1, 0.15) is 4.88 Å². The third-order valence-electron chi connectivity index (χ3n) is 2.71. The fraction of sp³-hybridized carbons (Fsp3) is 0.636. The number of morpholine rings is 1. The molecule has 1 N–H and O–H groups in total. The van der Waals surface area contributed by atoms with Gasteiger partial charge >= 0.3 is 5.97 Å². The minimum atomic E-state index is -0.884. The summed E-state index contributed by atoms with van der Waals surface area (Å²) in [6.45, 7) is 6.32. The van der Waals surface area contributed by atoms with Gasteiger partial charge in [-0.05, 0) is 6.92 Å². The van der Waals surface area contributed by atoms with Crippen molar-refractivity contribution in [2.24, 2.45) is 0 Å². The van der Waals surface area contributed by atoms with Crippen molar-refractivity contribution < 1.29 is 14.6 Å². The summed E-state index contributed by atoms with van der Waals surface area (Å²) in [5.74, 6) is 0.0523. The average molecular weight is 288 g/mol. The summed E-state index contributed by atoms with van der Waals surface area (Å²) in [4.78, 5) is 17.9. The Labute approximate surface area is 114 Å². The zero-order valence-corrected chi connectivity index (χ0v) is 11.9. The van der Waals surface area contributed by atoms with Crippen LogP contribution < -0.4 is 0 Å². The number of hydrogen-bond donors (Lipinski definition) is 1. The molecule has 1 saturated heterocycles. The molecule has 1 aliphatic heterocycles. The smallest absolute Gasteiger partial charge is 0.347 e. The van der Waals surface area contributed by atoms with E-state index in [2.05, 4.69) is 9.88 Å². The number of aromatic nitrogens is 1. The first-order valence-electron chi connectivity index (χ1n) is 5.80. The van der Waals surface area contributed by atoms with Gasteiger partial charge in [0.15, 0.2) is 4.34 Å². The standard InChI is InChI=1S/C11H16N2O3S2/c1-8-9(10(14)15)18-11(12-8)17-7-4-13-2-5-16-6-3-13/h2-7H2,1H3,(H,14,15). The number of carboxylic acids is 1. The van der Waals surface area contributed by atoms with E-state index in [0.717, 1.165) is 42.9 Å². The maximum atomic E-state index is 10.9. The summed E-state index contributed by atoms with van der Waals surface area (Å²) < 4.78 is 6.13. The van der Waals surface area contributed by atoms with Crippen LogP contribution in [-0.4, -0.2) is 59.6 Å². The summed E-state index contributed by atoms with van der Waals surface area (Å²) in [6, 6.07) is 0. The third kappa shape index (κ3) is 3.68. The highest BCUT2D eigenvalue weighted by Gasteiger charge is 2.15. The van der Waals surface area contributed by atoms with E-state index in [9.17, 15) is 4.79 Å². The van der Waals surface area contributed by atoms with E-state index in [1.807, 2.05) is 0 Å². The van der Waals surface area contributed by atoms with E-state index in [4.69, 9.17) is 9.84 Å². The normalized spacial score (nSPS) is 16.9. The molecule has 5 nitrogen and oxygen atoms in total. The predicted octanol–water partition coefficient (Wildman–Crippen LogP) is 1.57. The van der Waals surface area contributed by atoms with Gasteiger partial charge in [0.25, 0.3) is 0 Å². The lowest BCUT2D eigenvalue weighted by Crippen LogP contribution is -2.37. The largest absolute Gasteiger partial charge is 0.477 e. The van der Waals surface area contributed by atoms with Gasteiger partial charge in [0.2, 0.25) is 0 Å². The highest BCUT2D eigenvalue weighted by Crippen LogP contribution is 2.27. The van der Waals surface area contributed by atoms with Crippen LogP contribution in [0.2, 0.25) is 0 Å². The van der Waals surface area contributed by atoms with Crippen LogP contribution in [0.5, 0.6) is 0 Å². The monoisotopic (exact) mass is 288 g/mol. The topological polar surface area (TPSA) is 62.7 Å². The Balaban J connectivity index is 1.79. The molecule has 100 valence electrons. The van der Waals surface area contributed by atoms with Gasteiger partial charge in [-0.3, -0.25) is 4.90 Å². The van der Waals surface area contributed by atoms with E-state index in [1.54, 1.807) is 18.7 Å². The summed E-state index contributed by atoms with van der Waals surface area (Å²) >= 11 is 2.89. The van der Waals surface area contributed by atoms with Gasteiger partial charge < -0.3 is 9.84 Å². The Hall–Kier alpha value is -0.630. The molecule has 0 radical (unpaired) electrons. The molecule has 0 bridgehead atoms. The lowest BCUT2D eigenvalue weighted by atomic mass is 10.4. The summed E-state index contributed by atoms with van der Waals surface area (Å²) in [7, 11) is 0. The number of nitrogens with zero attached hydrogens (tertiary/aromatic N) is 2. The zero-order chi connectivity index (χ0) is 13.0. The molecule has 2 heterocycles. The maximum absolute atomic E-state index is 10.9. The number of carboxylic acid groups (broad SMARTS) is 1. The van der Waals surface area contributed by atoms with E-state index < -0.39 is 5.97 Å². The van der Waals surface area contributed by atoms with E-state index in [-0.39, 0.29) is 0 Å². The molecule has 0 spiro atoms. The number of thiazole rings is 1. The van der Waals surface area contributed by atoms with Crippen molar-refractivity contribution in [3.8, 4) is 0 Å². The number of rotatable bonds is 5. The van der Waals surface area contributed by atoms with Crippen LogP contribution in [0.3, 0.4) is 0 Å². The molecule has 0 unspecified atom stereocenters. The van der Waals surface area contributed by atoms with Gasteiger partial charge in [0.05, 0.1) is 18.9 Å². The Morgan fingerprint density at radius 2 is 2.28 bits per heavy atom. The molecule has 1 fully saturated rings. The molecule has 1 aliphatic rings. The molecule has 0 aromatic carbocycles. The van der Waals surface area contributed by atoms with E-state index in [0.29, 0.717) is 10.6 Å². The van der Waals surface area contributed by atoms with Crippen molar-refractivity contribution in [2.75, 3.05) is 38.6 Å². The molecular formula is C11H16N2O3S2. The van der Waals surface area contributed by atoms with Crippen LogP contribution in [0, 0.1) is 6.92 Å². The Bertz CT molecular complexity index is 416. The summed E-state index contributed by atoms with van der Waals surface area (Å²) in [6.07, 6.45) is 0. The third-order valence-corrected chi connectivity index (χ3v) is 4.98. The second kappa shape index (κ2) is 6.51. The molecule has 0 aliphatic carbocycles. The summed E-state index contributed by atoms with van der Waals surface area (Å²) in [5, 5.41) is 8.95. The molecule has 0 saturated carbocycles. The number of aryl methyl sites for hydroxylation is 1. The SMILES string of the molecule is Cc1nc(SCCN2CCOCC2)sc1C(=O)O. The maximum Gasteiger partial charge on any atom is 0.347 e. The fourth-order valence-corrected chi connectivity index (χ4v) is 3.82. The lowest BCUT2D eigenvalue weighted by molar-refractivity contribution is 0.0410. The van der Waals surface area contributed by atoms with Crippen molar-refractivity contribution in [1.29, 1.82) is 0 Å². The second-order valence-corrected chi connectivity index (χ2v) is 6.34. The minimum absolute atomic E-state index is 0.351. The molecule has 0 atom stereocenters. The van der Waals surface area contributed by atoms with Crippen LogP contribution >= 0.6 is 23.1 Å². The van der Waals surface area contributed by atoms with E-state index >= 15 is 0 Å². The highest BCUT2D eigenvalue weighted by molar-refractivity contribution is 8.01. The molecular weight excluding hydrogens is 272 g/mol. The molecule has 1 aromatic heterocycles. The lowest BCUT2D eigenvalue weighted by Gasteiger charge is -2.26. The molecule has 2 rings (SSSR count). The number of thioether (sulfide) groups is 1. The Morgan fingerprint density at radius 3 is 2.89 bits per heavy atom. The van der Waals surface area contributed by atoms with Crippen molar-refractivity contribution in [1.82, 2.24) is 9.88 Å². The van der Waals surface area contributed by atoms with E-state index in [1.165, 1.54) is 11.3 Å². The van der Waals surface area contributed by atoms with Gasteiger partial charge in [-0.1, -0.05) is 11.8 Å². The first-order valence-corrected chi connectivity index (χ1v) is 7.60. The van der Waals surface area contributed by atoms with Gasteiger partial charge in [-0.25, -0.2) is 9.78 Å². The van der Waals surface area contributed by atoms with Crippen LogP contribution in [0.25, 0.3) is 0 Å². The minimum Gasteiger partial charge on any atom is -0.477 e. The molecule has 1 aromatic rings. The molecule has 7 heteroatoms. The van der Waals surface area contributed by atoms with Crippen molar-refractivity contribution in [3.05, 3.63) is 10.6 Å². The second-order valence-electron chi connectivity index (χ2n) is 4.00. The average Bonchev–Trinajstić information content (AvgIpc) is 2.72. The zero-order valence-electron chi connectivity index (χ0n) is 10.2. The van der Waals surface area contributed by atoms with Gasteiger partial charge in [0, 0.05) is 25.4 Å². The van der Waals surface area contributed by atoms with Crippen LogP contribution in [0.4, 0.5) is 0 Å². The predicted molar refractivity (Wildman–Crippen MR) is 71.8 cm³/mol. The first-order chi connectivity index (χ1) is 8.66.